The number of amides is 1. The number of hydrogen-bond acceptors (Lipinski definition) is 8. The third-order valence-corrected chi connectivity index (χ3v) is 5.16. The number of benzene rings is 2. The molecular weight excluding hydrogens is 464 g/mol. The molecule has 1 heterocycles. The summed E-state index contributed by atoms with van der Waals surface area (Å²) in [7, 11) is 0. The van der Waals surface area contributed by atoms with Crippen molar-refractivity contribution in [3.8, 4) is 17.2 Å². The minimum absolute atomic E-state index is 0.0123. The molecule has 0 unspecified atom stereocenters. The number of alkyl carbamates (subject to hydrolysis) is 1. The first-order valence-corrected chi connectivity index (χ1v) is 11.5. The second kappa shape index (κ2) is 11.1. The Kier molecular flexibility index (Phi) is 8.18. The molecule has 1 aromatic heterocycles. The lowest BCUT2D eigenvalue weighted by molar-refractivity contribution is -0.138. The Morgan fingerprint density at radius 1 is 1.06 bits per heavy atom. The van der Waals surface area contributed by atoms with Gasteiger partial charge in [-0.15, -0.1) is 15.0 Å². The first-order valence-electron chi connectivity index (χ1n) is 11.5. The van der Waals surface area contributed by atoms with E-state index in [1.165, 1.54) is 4.80 Å². The summed E-state index contributed by atoms with van der Waals surface area (Å²) in [6.45, 7) is 13.1. The molecular formula is C26H32N4O6. The van der Waals surface area contributed by atoms with Gasteiger partial charge in [-0.1, -0.05) is 33.4 Å². The third kappa shape index (κ3) is 6.74. The Bertz CT molecular complexity index is 1280. The predicted molar refractivity (Wildman–Crippen MR) is 135 cm³/mol. The monoisotopic (exact) mass is 496 g/mol. The minimum Gasteiger partial charge on any atom is -0.505 e. The maximum atomic E-state index is 11.8. The van der Waals surface area contributed by atoms with Crippen LogP contribution in [0.15, 0.2) is 42.5 Å². The van der Waals surface area contributed by atoms with Gasteiger partial charge in [-0.2, -0.15) is 0 Å². The number of aromatic hydroxyl groups is 1. The van der Waals surface area contributed by atoms with Crippen LogP contribution in [-0.2, 0) is 19.7 Å². The number of ether oxygens (including phenoxy) is 3. The lowest BCUT2D eigenvalue weighted by atomic mass is 9.86. The summed E-state index contributed by atoms with van der Waals surface area (Å²) in [4.78, 5) is 24.5. The second-order valence-corrected chi connectivity index (χ2v) is 9.40. The molecule has 0 saturated carbocycles. The van der Waals surface area contributed by atoms with E-state index in [-0.39, 0.29) is 43.1 Å². The highest BCUT2D eigenvalue weighted by atomic mass is 16.6. The molecule has 2 N–H and O–H groups in total. The Morgan fingerprint density at radius 2 is 1.78 bits per heavy atom. The van der Waals surface area contributed by atoms with Crippen LogP contribution in [0.4, 0.5) is 4.79 Å². The average Bonchev–Trinajstić information content (AvgIpc) is 3.22. The number of rotatable bonds is 9. The molecule has 0 bridgehead atoms. The van der Waals surface area contributed by atoms with Crippen LogP contribution in [0.5, 0.6) is 11.5 Å². The van der Waals surface area contributed by atoms with Gasteiger partial charge in [-0.3, -0.25) is 0 Å². The van der Waals surface area contributed by atoms with Crippen LogP contribution in [0.3, 0.4) is 0 Å². The summed E-state index contributed by atoms with van der Waals surface area (Å²) >= 11 is 0. The molecule has 3 rings (SSSR count). The number of phenols is 1. The molecule has 10 nitrogen and oxygen atoms in total. The fourth-order valence-electron chi connectivity index (χ4n) is 3.30. The highest BCUT2D eigenvalue weighted by Crippen LogP contribution is 2.38. The van der Waals surface area contributed by atoms with Crippen LogP contribution >= 0.6 is 0 Å². The lowest BCUT2D eigenvalue weighted by Crippen LogP contribution is -2.29. The van der Waals surface area contributed by atoms with E-state index >= 15 is 0 Å². The smallest absolute Gasteiger partial charge is 0.407 e. The Labute approximate surface area is 209 Å². The third-order valence-electron chi connectivity index (χ3n) is 5.16. The number of nitrogens with zero attached hydrogens (tertiary/aromatic N) is 3. The van der Waals surface area contributed by atoms with E-state index < -0.39 is 12.1 Å². The van der Waals surface area contributed by atoms with Crippen LogP contribution in [0.2, 0.25) is 0 Å². The van der Waals surface area contributed by atoms with Crippen LogP contribution in [0.25, 0.3) is 16.7 Å². The largest absolute Gasteiger partial charge is 0.505 e. The molecule has 0 saturated heterocycles. The molecule has 0 fully saturated rings. The van der Waals surface area contributed by atoms with Crippen molar-refractivity contribution in [1.29, 1.82) is 0 Å². The summed E-state index contributed by atoms with van der Waals surface area (Å²) in [6, 6.07) is 9.15. The van der Waals surface area contributed by atoms with Crippen molar-refractivity contribution in [3.63, 3.8) is 0 Å². The minimum atomic E-state index is -0.658. The summed E-state index contributed by atoms with van der Waals surface area (Å²) in [6.07, 6.45) is -0.658. The van der Waals surface area contributed by atoms with Gasteiger partial charge in [0.1, 0.15) is 48.0 Å². The summed E-state index contributed by atoms with van der Waals surface area (Å²) in [5.74, 6) is 0.0193. The quantitative estimate of drug-likeness (QED) is 0.259. The van der Waals surface area contributed by atoms with E-state index in [1.807, 2.05) is 45.9 Å². The maximum Gasteiger partial charge on any atom is 0.407 e. The van der Waals surface area contributed by atoms with Crippen LogP contribution < -0.4 is 10.1 Å². The van der Waals surface area contributed by atoms with Gasteiger partial charge in [0.25, 0.3) is 0 Å². The van der Waals surface area contributed by atoms with E-state index in [9.17, 15) is 14.7 Å². The fourth-order valence-corrected chi connectivity index (χ4v) is 3.30. The van der Waals surface area contributed by atoms with E-state index in [1.54, 1.807) is 19.1 Å². The van der Waals surface area contributed by atoms with Gasteiger partial charge in [0, 0.05) is 17.2 Å². The number of phenolic OH excluding ortho intramolecular Hbond substituents is 1. The standard InChI is InChI=1S/C26H32N4O6/c1-16(2)24(32)35-10-9-27-25(33)36-12-11-34-18-14-19(26(4,5)6)23(31)22(15-18)30-28-20-8-7-17(3)13-21(20)29-30/h7-8,13-15,31H,1,9-12H2,2-6H3,(H,27,33). The number of carbonyl (C=O) groups excluding carboxylic acids is 2. The number of nitrogens with one attached hydrogen (secondary N) is 1. The zero-order chi connectivity index (χ0) is 26.5. The number of aryl methyl sites for hydroxylation is 1. The molecule has 0 spiro atoms. The predicted octanol–water partition coefficient (Wildman–Crippen LogP) is 3.96. The first-order chi connectivity index (χ1) is 17.0. The Balaban J connectivity index is 1.65. The van der Waals surface area contributed by atoms with Gasteiger partial charge < -0.3 is 24.6 Å². The molecule has 0 atom stereocenters. The van der Waals surface area contributed by atoms with Crippen molar-refractivity contribution in [1.82, 2.24) is 20.3 Å². The van der Waals surface area contributed by atoms with Gasteiger partial charge in [0.05, 0.1) is 6.54 Å². The van der Waals surface area contributed by atoms with Gasteiger partial charge in [0.2, 0.25) is 0 Å². The molecule has 1 amide bonds. The molecule has 0 radical (unpaired) electrons. The van der Waals surface area contributed by atoms with Gasteiger partial charge in [0.15, 0.2) is 0 Å². The van der Waals surface area contributed by atoms with Crippen LogP contribution in [-0.4, -0.2) is 58.5 Å². The number of hydrogen-bond donors (Lipinski definition) is 2. The fraction of sp³-hybridized carbons (Fsp3) is 0.385. The molecule has 0 aliphatic heterocycles. The topological polar surface area (TPSA) is 125 Å². The summed E-state index contributed by atoms with van der Waals surface area (Å²) < 4.78 is 15.8. The molecule has 0 aliphatic carbocycles. The molecule has 36 heavy (non-hydrogen) atoms. The van der Waals surface area contributed by atoms with E-state index in [2.05, 4.69) is 22.1 Å². The number of carbonyl (C=O) groups is 2. The van der Waals surface area contributed by atoms with Gasteiger partial charge >= 0.3 is 12.1 Å². The summed E-state index contributed by atoms with van der Waals surface area (Å²) in [5, 5.41) is 22.5. The zero-order valence-corrected chi connectivity index (χ0v) is 21.3. The molecule has 2 aromatic carbocycles. The SMILES string of the molecule is C=C(C)C(=O)OCCNC(=O)OCCOc1cc(-n2nc3ccc(C)cc3n2)c(O)c(C(C)(C)C)c1. The van der Waals surface area contributed by atoms with Crippen molar-refractivity contribution in [2.45, 2.75) is 40.0 Å². The van der Waals surface area contributed by atoms with E-state index in [4.69, 9.17) is 14.2 Å². The average molecular weight is 497 g/mol. The van der Waals surface area contributed by atoms with Crippen molar-refractivity contribution < 1.29 is 28.9 Å². The second-order valence-electron chi connectivity index (χ2n) is 9.40. The van der Waals surface area contributed by atoms with E-state index in [0.29, 0.717) is 28.0 Å². The highest BCUT2D eigenvalue weighted by molar-refractivity contribution is 5.86. The van der Waals surface area contributed by atoms with E-state index in [0.717, 1.165) is 5.56 Å². The van der Waals surface area contributed by atoms with Gasteiger partial charge in [-0.25, -0.2) is 9.59 Å². The van der Waals surface area contributed by atoms with Crippen molar-refractivity contribution in [2.75, 3.05) is 26.4 Å². The Hall–Kier alpha value is -4.08. The zero-order valence-electron chi connectivity index (χ0n) is 21.3. The number of fused-ring (bicyclic) bond motifs is 1. The number of esters is 1. The Morgan fingerprint density at radius 3 is 2.47 bits per heavy atom. The number of aromatic nitrogens is 3. The molecule has 10 heteroatoms. The van der Waals surface area contributed by atoms with Crippen molar-refractivity contribution in [2.24, 2.45) is 0 Å². The summed E-state index contributed by atoms with van der Waals surface area (Å²) in [5.41, 5.74) is 3.43. The van der Waals surface area contributed by atoms with Crippen LogP contribution in [0, 0.1) is 6.92 Å². The maximum absolute atomic E-state index is 11.8. The van der Waals surface area contributed by atoms with Crippen LogP contribution in [0.1, 0.15) is 38.8 Å². The van der Waals surface area contributed by atoms with Crippen molar-refractivity contribution >= 4 is 23.1 Å². The lowest BCUT2D eigenvalue weighted by Gasteiger charge is -2.23. The highest BCUT2D eigenvalue weighted by Gasteiger charge is 2.24. The molecule has 0 aliphatic rings. The molecule has 3 aromatic rings. The van der Waals surface area contributed by atoms with Crippen molar-refractivity contribution in [3.05, 3.63) is 53.6 Å². The molecule has 192 valence electrons. The normalized spacial score (nSPS) is 11.2. The first kappa shape index (κ1) is 26.5. The van der Waals surface area contributed by atoms with Gasteiger partial charge in [-0.05, 0) is 43.0 Å².